The van der Waals surface area contributed by atoms with Crippen molar-refractivity contribution >= 4 is 27.3 Å². The van der Waals surface area contributed by atoms with Crippen molar-refractivity contribution in [1.29, 1.82) is 0 Å². The molecule has 0 fully saturated rings. The highest BCUT2D eigenvalue weighted by molar-refractivity contribution is 7.92. The lowest BCUT2D eigenvalue weighted by molar-refractivity contribution is -0.384. The minimum absolute atomic E-state index is 0.0347. The number of nitro groups is 1. The number of nitro benzene ring substituents is 1. The summed E-state index contributed by atoms with van der Waals surface area (Å²) < 4.78 is 25.4. The van der Waals surface area contributed by atoms with Crippen LogP contribution < -0.4 is 9.62 Å². The summed E-state index contributed by atoms with van der Waals surface area (Å²) in [6.07, 6.45) is 1.54. The first-order valence-electron chi connectivity index (χ1n) is 8.45. The molecule has 0 radical (unpaired) electrons. The number of carbonyl (C=O) groups is 1. The molecule has 1 aromatic rings. The van der Waals surface area contributed by atoms with Gasteiger partial charge in [-0.3, -0.25) is 19.2 Å². The zero-order valence-corrected chi connectivity index (χ0v) is 16.7. The van der Waals surface area contributed by atoms with Crippen molar-refractivity contribution in [1.82, 2.24) is 5.32 Å². The van der Waals surface area contributed by atoms with Gasteiger partial charge in [0.2, 0.25) is 15.9 Å². The van der Waals surface area contributed by atoms with Crippen molar-refractivity contribution in [2.75, 3.05) is 17.1 Å². The number of hydrogen-bond acceptors (Lipinski definition) is 5. The van der Waals surface area contributed by atoms with E-state index < -0.39 is 14.9 Å². The van der Waals surface area contributed by atoms with Crippen LogP contribution in [0.2, 0.25) is 0 Å². The molecular formula is C17H27N3O5S. The van der Waals surface area contributed by atoms with Crippen molar-refractivity contribution in [3.05, 3.63) is 33.9 Å². The van der Waals surface area contributed by atoms with Gasteiger partial charge in [-0.1, -0.05) is 19.9 Å². The van der Waals surface area contributed by atoms with Crippen LogP contribution in [0.4, 0.5) is 11.4 Å². The molecule has 0 saturated carbocycles. The summed E-state index contributed by atoms with van der Waals surface area (Å²) in [5.41, 5.74) is 0.694. The van der Waals surface area contributed by atoms with Gasteiger partial charge in [0, 0.05) is 31.1 Å². The Morgan fingerprint density at radius 1 is 1.31 bits per heavy atom. The van der Waals surface area contributed by atoms with Crippen molar-refractivity contribution in [3.63, 3.8) is 0 Å². The SMILES string of the molecule is Cc1ccc([N+](=O)[O-])cc1N(CCCC(=O)NC(C)C(C)C)S(C)(=O)=O. The molecule has 9 heteroatoms. The second kappa shape index (κ2) is 8.98. The molecule has 0 aliphatic heterocycles. The molecule has 146 valence electrons. The third-order valence-electron chi connectivity index (χ3n) is 4.23. The molecule has 1 N–H and O–H groups in total. The molecule has 0 aliphatic rings. The molecule has 1 atom stereocenters. The average molecular weight is 385 g/mol. The molecule has 8 nitrogen and oxygen atoms in total. The van der Waals surface area contributed by atoms with E-state index in [0.29, 0.717) is 17.9 Å². The van der Waals surface area contributed by atoms with Gasteiger partial charge in [-0.05, 0) is 31.7 Å². The molecule has 0 spiro atoms. The van der Waals surface area contributed by atoms with Crippen molar-refractivity contribution in [2.24, 2.45) is 5.92 Å². The first-order chi connectivity index (χ1) is 11.9. The molecule has 1 rings (SSSR count). The van der Waals surface area contributed by atoms with Crippen LogP contribution in [0, 0.1) is 23.0 Å². The maximum atomic E-state index is 12.2. The van der Waals surface area contributed by atoms with E-state index in [9.17, 15) is 23.3 Å². The first kappa shape index (κ1) is 21.9. The standard InChI is InChI=1S/C17H27N3O5S/c1-12(2)14(4)18-17(21)7-6-10-19(26(5,24)25)16-11-15(20(22)23)9-8-13(16)3/h8-9,11-12,14H,6-7,10H2,1-5H3,(H,18,21). The summed E-state index contributed by atoms with van der Waals surface area (Å²) >= 11 is 0. The van der Waals surface area contributed by atoms with Crippen LogP contribution in [0.15, 0.2) is 18.2 Å². The average Bonchev–Trinajstić information content (AvgIpc) is 2.51. The normalized spacial score (nSPS) is 12.7. The number of carbonyl (C=O) groups excluding carboxylic acids is 1. The summed E-state index contributed by atoms with van der Waals surface area (Å²) in [6.45, 7) is 7.68. The Morgan fingerprint density at radius 3 is 2.42 bits per heavy atom. The largest absolute Gasteiger partial charge is 0.353 e. The van der Waals surface area contributed by atoms with Gasteiger partial charge in [0.05, 0.1) is 16.9 Å². The van der Waals surface area contributed by atoms with E-state index >= 15 is 0 Å². The highest BCUT2D eigenvalue weighted by Crippen LogP contribution is 2.27. The van der Waals surface area contributed by atoms with E-state index in [0.717, 1.165) is 10.6 Å². The fraction of sp³-hybridized carbons (Fsp3) is 0.588. The van der Waals surface area contributed by atoms with Crippen LogP contribution in [0.3, 0.4) is 0 Å². The summed E-state index contributed by atoms with van der Waals surface area (Å²) in [5, 5.41) is 13.9. The van der Waals surface area contributed by atoms with Gasteiger partial charge in [0.1, 0.15) is 0 Å². The van der Waals surface area contributed by atoms with E-state index in [2.05, 4.69) is 5.32 Å². The molecule has 1 aromatic carbocycles. The number of non-ortho nitro benzene ring substituents is 1. The number of anilines is 1. The third-order valence-corrected chi connectivity index (χ3v) is 5.41. The van der Waals surface area contributed by atoms with Crippen LogP contribution in [-0.4, -0.2) is 38.1 Å². The number of nitrogens with one attached hydrogen (secondary N) is 1. The van der Waals surface area contributed by atoms with E-state index in [1.165, 1.54) is 18.2 Å². The molecule has 0 aliphatic carbocycles. The number of hydrogen-bond donors (Lipinski definition) is 1. The highest BCUT2D eigenvalue weighted by Gasteiger charge is 2.22. The van der Waals surface area contributed by atoms with Gasteiger partial charge in [-0.25, -0.2) is 8.42 Å². The quantitative estimate of drug-likeness (QED) is 0.519. The Morgan fingerprint density at radius 2 is 1.92 bits per heavy atom. The van der Waals surface area contributed by atoms with Gasteiger partial charge < -0.3 is 5.32 Å². The number of sulfonamides is 1. The molecule has 0 heterocycles. The third kappa shape index (κ3) is 6.29. The molecule has 0 aromatic heterocycles. The Kier molecular flexibility index (Phi) is 7.55. The van der Waals surface area contributed by atoms with Crippen molar-refractivity contribution in [3.8, 4) is 0 Å². The highest BCUT2D eigenvalue weighted by atomic mass is 32.2. The van der Waals surface area contributed by atoms with E-state index in [-0.39, 0.29) is 36.3 Å². The zero-order chi connectivity index (χ0) is 20.1. The number of nitrogens with zero attached hydrogens (tertiary/aromatic N) is 2. The summed E-state index contributed by atoms with van der Waals surface area (Å²) in [6, 6.07) is 4.13. The van der Waals surface area contributed by atoms with Crippen molar-refractivity contribution in [2.45, 2.75) is 46.6 Å². The van der Waals surface area contributed by atoms with E-state index in [1.54, 1.807) is 6.92 Å². The molecular weight excluding hydrogens is 358 g/mol. The van der Waals surface area contributed by atoms with Crippen molar-refractivity contribution < 1.29 is 18.1 Å². The monoisotopic (exact) mass is 385 g/mol. The summed E-state index contributed by atoms with van der Waals surface area (Å²) in [4.78, 5) is 22.4. The molecule has 1 amide bonds. The molecule has 0 bridgehead atoms. The van der Waals surface area contributed by atoms with E-state index in [1.807, 2.05) is 20.8 Å². The molecule has 26 heavy (non-hydrogen) atoms. The Hall–Kier alpha value is -2.16. The lowest BCUT2D eigenvalue weighted by Crippen LogP contribution is -2.37. The lowest BCUT2D eigenvalue weighted by Gasteiger charge is -2.24. The van der Waals surface area contributed by atoms with Gasteiger partial charge in [-0.15, -0.1) is 0 Å². The number of aryl methyl sites for hydroxylation is 1. The van der Waals surface area contributed by atoms with Gasteiger partial charge in [-0.2, -0.15) is 0 Å². The zero-order valence-electron chi connectivity index (χ0n) is 15.9. The van der Waals surface area contributed by atoms with Crippen LogP contribution in [-0.2, 0) is 14.8 Å². The fourth-order valence-electron chi connectivity index (χ4n) is 2.32. The van der Waals surface area contributed by atoms with Crippen LogP contribution in [0.1, 0.15) is 39.2 Å². The predicted molar refractivity (Wildman–Crippen MR) is 102 cm³/mol. The second-order valence-corrected chi connectivity index (χ2v) is 8.67. The smallest absolute Gasteiger partial charge is 0.271 e. The van der Waals surface area contributed by atoms with E-state index in [4.69, 9.17) is 0 Å². The summed E-state index contributed by atoms with van der Waals surface area (Å²) in [7, 11) is -3.64. The van der Waals surface area contributed by atoms with Gasteiger partial charge in [0.25, 0.3) is 5.69 Å². The number of amides is 1. The van der Waals surface area contributed by atoms with Gasteiger partial charge >= 0.3 is 0 Å². The second-order valence-electron chi connectivity index (χ2n) is 6.77. The topological polar surface area (TPSA) is 110 Å². The Labute approximate surface area is 154 Å². The minimum Gasteiger partial charge on any atom is -0.353 e. The minimum atomic E-state index is -3.64. The first-order valence-corrected chi connectivity index (χ1v) is 10.3. The number of benzene rings is 1. The lowest BCUT2D eigenvalue weighted by atomic mass is 10.1. The van der Waals surface area contributed by atoms with Crippen LogP contribution in [0.5, 0.6) is 0 Å². The molecule has 1 unspecified atom stereocenters. The summed E-state index contributed by atoms with van der Waals surface area (Å²) in [5.74, 6) is 0.161. The maximum absolute atomic E-state index is 12.2. The molecule has 0 saturated heterocycles. The van der Waals surface area contributed by atoms with Crippen LogP contribution >= 0.6 is 0 Å². The Bertz CT molecular complexity index is 762. The fourth-order valence-corrected chi connectivity index (χ4v) is 3.34. The maximum Gasteiger partial charge on any atom is 0.271 e. The predicted octanol–water partition coefficient (Wildman–Crippen LogP) is 2.61. The number of rotatable bonds is 9. The Balaban J connectivity index is 2.89. The van der Waals surface area contributed by atoms with Crippen LogP contribution in [0.25, 0.3) is 0 Å². The van der Waals surface area contributed by atoms with Gasteiger partial charge in [0.15, 0.2) is 0 Å².